The standard InChI is InChI=1S/C14H10Cl2N4/c15-11-3-2-9(6-12(11)16)20-14-10-5-8(17)1-4-13(10)18-7-19-14/h1-7H,17H2,(H,18,19,20). The summed E-state index contributed by atoms with van der Waals surface area (Å²) in [7, 11) is 0. The number of nitrogens with zero attached hydrogens (tertiary/aromatic N) is 2. The molecule has 0 aliphatic rings. The number of aromatic nitrogens is 2. The van der Waals surface area contributed by atoms with Crippen LogP contribution in [0.4, 0.5) is 17.2 Å². The zero-order chi connectivity index (χ0) is 14.1. The van der Waals surface area contributed by atoms with Crippen LogP contribution in [0.1, 0.15) is 0 Å². The van der Waals surface area contributed by atoms with Crippen LogP contribution in [-0.2, 0) is 0 Å². The van der Waals surface area contributed by atoms with Crippen LogP contribution in [0.2, 0.25) is 10.0 Å². The third-order valence-corrected chi connectivity index (χ3v) is 3.58. The number of halogens is 2. The van der Waals surface area contributed by atoms with E-state index in [-0.39, 0.29) is 0 Å². The summed E-state index contributed by atoms with van der Waals surface area (Å²) in [6.45, 7) is 0. The average molecular weight is 305 g/mol. The van der Waals surface area contributed by atoms with E-state index in [9.17, 15) is 0 Å². The van der Waals surface area contributed by atoms with Gasteiger partial charge in [0.25, 0.3) is 0 Å². The van der Waals surface area contributed by atoms with Crippen molar-refractivity contribution in [2.24, 2.45) is 0 Å². The second-order valence-electron chi connectivity index (χ2n) is 4.25. The number of anilines is 3. The van der Waals surface area contributed by atoms with Gasteiger partial charge in [-0.3, -0.25) is 0 Å². The molecule has 0 saturated heterocycles. The molecule has 0 saturated carbocycles. The molecule has 3 N–H and O–H groups in total. The summed E-state index contributed by atoms with van der Waals surface area (Å²) < 4.78 is 0. The van der Waals surface area contributed by atoms with Crippen molar-refractivity contribution in [1.82, 2.24) is 9.97 Å². The molecule has 0 unspecified atom stereocenters. The minimum atomic E-state index is 0.481. The molecule has 3 aromatic rings. The van der Waals surface area contributed by atoms with Crippen molar-refractivity contribution in [3.05, 3.63) is 52.8 Å². The molecule has 0 atom stereocenters. The normalized spacial score (nSPS) is 10.7. The molecule has 20 heavy (non-hydrogen) atoms. The van der Waals surface area contributed by atoms with E-state index in [4.69, 9.17) is 28.9 Å². The first-order valence-corrected chi connectivity index (χ1v) is 6.61. The van der Waals surface area contributed by atoms with E-state index in [2.05, 4.69) is 15.3 Å². The van der Waals surface area contributed by atoms with Crippen molar-refractivity contribution in [2.75, 3.05) is 11.1 Å². The van der Waals surface area contributed by atoms with Gasteiger partial charge in [0, 0.05) is 16.8 Å². The van der Waals surface area contributed by atoms with Crippen molar-refractivity contribution in [1.29, 1.82) is 0 Å². The zero-order valence-electron chi connectivity index (χ0n) is 10.3. The summed E-state index contributed by atoms with van der Waals surface area (Å²) in [5.74, 6) is 0.667. The van der Waals surface area contributed by atoms with Gasteiger partial charge in [-0.15, -0.1) is 0 Å². The molecule has 1 aromatic heterocycles. The highest BCUT2D eigenvalue weighted by Crippen LogP contribution is 2.29. The first kappa shape index (κ1) is 13.0. The maximum atomic E-state index is 6.00. The Bertz CT molecular complexity index is 789. The number of fused-ring (bicyclic) bond motifs is 1. The Balaban J connectivity index is 2.05. The van der Waals surface area contributed by atoms with Crippen LogP contribution < -0.4 is 11.1 Å². The Morgan fingerprint density at radius 1 is 0.950 bits per heavy atom. The van der Waals surface area contributed by atoms with Gasteiger partial charge in [-0.2, -0.15) is 0 Å². The van der Waals surface area contributed by atoms with Crippen LogP contribution in [0.3, 0.4) is 0 Å². The van der Waals surface area contributed by atoms with E-state index in [1.807, 2.05) is 18.2 Å². The second kappa shape index (κ2) is 5.15. The Hall–Kier alpha value is -2.04. The molecule has 0 aliphatic heterocycles. The predicted molar refractivity (Wildman–Crippen MR) is 83.7 cm³/mol. The van der Waals surface area contributed by atoms with E-state index < -0.39 is 0 Å². The van der Waals surface area contributed by atoms with Crippen LogP contribution in [-0.4, -0.2) is 9.97 Å². The summed E-state index contributed by atoms with van der Waals surface area (Å²) >= 11 is 11.9. The number of benzene rings is 2. The molecule has 0 aliphatic carbocycles. The highest BCUT2D eigenvalue weighted by atomic mass is 35.5. The minimum Gasteiger partial charge on any atom is -0.399 e. The molecule has 1 heterocycles. The molecule has 0 fully saturated rings. The summed E-state index contributed by atoms with van der Waals surface area (Å²) in [6.07, 6.45) is 1.50. The highest BCUT2D eigenvalue weighted by molar-refractivity contribution is 6.42. The monoisotopic (exact) mass is 304 g/mol. The third-order valence-electron chi connectivity index (χ3n) is 2.84. The number of nitrogens with two attached hydrogens (primary N) is 1. The zero-order valence-corrected chi connectivity index (χ0v) is 11.8. The van der Waals surface area contributed by atoms with Gasteiger partial charge >= 0.3 is 0 Å². The van der Waals surface area contributed by atoms with Gasteiger partial charge in [-0.1, -0.05) is 23.2 Å². The van der Waals surface area contributed by atoms with Crippen LogP contribution in [0, 0.1) is 0 Å². The fraction of sp³-hybridized carbons (Fsp3) is 0. The lowest BCUT2D eigenvalue weighted by Crippen LogP contribution is -1.97. The van der Waals surface area contributed by atoms with Gasteiger partial charge in [0.05, 0.1) is 15.6 Å². The molecule has 100 valence electrons. The Morgan fingerprint density at radius 2 is 1.80 bits per heavy atom. The van der Waals surface area contributed by atoms with E-state index in [1.54, 1.807) is 18.2 Å². The molecule has 6 heteroatoms. The third kappa shape index (κ3) is 2.48. The molecule has 0 bridgehead atoms. The summed E-state index contributed by atoms with van der Waals surface area (Å²) in [6, 6.07) is 10.8. The lowest BCUT2D eigenvalue weighted by Gasteiger charge is -2.09. The van der Waals surface area contributed by atoms with Gasteiger partial charge < -0.3 is 11.1 Å². The largest absolute Gasteiger partial charge is 0.399 e. The number of hydrogen-bond acceptors (Lipinski definition) is 4. The summed E-state index contributed by atoms with van der Waals surface area (Å²) in [5, 5.41) is 5.03. The molecule has 3 rings (SSSR count). The topological polar surface area (TPSA) is 63.8 Å². The number of nitrogen functional groups attached to an aromatic ring is 1. The molecular formula is C14H10Cl2N4. The molecule has 2 aromatic carbocycles. The Kier molecular flexibility index (Phi) is 3.34. The lowest BCUT2D eigenvalue weighted by molar-refractivity contribution is 1.22. The summed E-state index contributed by atoms with van der Waals surface area (Å²) in [4.78, 5) is 8.44. The van der Waals surface area contributed by atoms with Crippen molar-refractivity contribution in [3.8, 4) is 0 Å². The van der Waals surface area contributed by atoms with Crippen LogP contribution >= 0.6 is 23.2 Å². The van der Waals surface area contributed by atoms with Gasteiger partial charge in [0.1, 0.15) is 12.1 Å². The first-order chi connectivity index (χ1) is 9.63. The van der Waals surface area contributed by atoms with Crippen LogP contribution in [0.15, 0.2) is 42.7 Å². The van der Waals surface area contributed by atoms with E-state index >= 15 is 0 Å². The van der Waals surface area contributed by atoms with Crippen molar-refractivity contribution in [2.45, 2.75) is 0 Å². The smallest absolute Gasteiger partial charge is 0.141 e. The molecular weight excluding hydrogens is 295 g/mol. The Morgan fingerprint density at radius 3 is 2.60 bits per heavy atom. The molecule has 0 radical (unpaired) electrons. The predicted octanol–water partition coefficient (Wildman–Crippen LogP) is 4.26. The van der Waals surface area contributed by atoms with Crippen LogP contribution in [0.25, 0.3) is 10.9 Å². The summed E-state index contributed by atoms with van der Waals surface area (Å²) in [5.41, 5.74) is 8.07. The SMILES string of the molecule is Nc1ccc2ncnc(Nc3ccc(Cl)c(Cl)c3)c2c1. The van der Waals surface area contributed by atoms with E-state index in [0.717, 1.165) is 16.6 Å². The first-order valence-electron chi connectivity index (χ1n) is 5.86. The molecule has 0 spiro atoms. The van der Waals surface area contributed by atoms with E-state index in [1.165, 1.54) is 6.33 Å². The van der Waals surface area contributed by atoms with Gasteiger partial charge in [0.2, 0.25) is 0 Å². The Labute approximate surface area is 125 Å². The maximum Gasteiger partial charge on any atom is 0.141 e. The average Bonchev–Trinajstić information content (AvgIpc) is 2.44. The van der Waals surface area contributed by atoms with Crippen molar-refractivity contribution >= 4 is 51.3 Å². The molecule has 4 nitrogen and oxygen atoms in total. The highest BCUT2D eigenvalue weighted by Gasteiger charge is 2.06. The quantitative estimate of drug-likeness (QED) is 0.694. The van der Waals surface area contributed by atoms with Gasteiger partial charge in [0.15, 0.2) is 0 Å². The lowest BCUT2D eigenvalue weighted by atomic mass is 10.2. The van der Waals surface area contributed by atoms with E-state index in [0.29, 0.717) is 21.6 Å². The van der Waals surface area contributed by atoms with Gasteiger partial charge in [-0.25, -0.2) is 9.97 Å². The van der Waals surface area contributed by atoms with Gasteiger partial charge in [-0.05, 0) is 36.4 Å². The number of nitrogens with one attached hydrogen (secondary N) is 1. The number of hydrogen-bond donors (Lipinski definition) is 2. The fourth-order valence-electron chi connectivity index (χ4n) is 1.88. The second-order valence-corrected chi connectivity index (χ2v) is 5.07. The van der Waals surface area contributed by atoms with Crippen LogP contribution in [0.5, 0.6) is 0 Å². The minimum absolute atomic E-state index is 0.481. The molecule has 0 amide bonds. The fourth-order valence-corrected chi connectivity index (χ4v) is 2.18. The number of rotatable bonds is 2. The maximum absolute atomic E-state index is 6.00. The van der Waals surface area contributed by atoms with Crippen molar-refractivity contribution < 1.29 is 0 Å². The van der Waals surface area contributed by atoms with Crippen molar-refractivity contribution in [3.63, 3.8) is 0 Å².